The van der Waals surface area contributed by atoms with Gasteiger partial charge in [-0.1, -0.05) is 30.3 Å². The molecule has 7 nitrogen and oxygen atoms in total. The molecule has 2 aromatic carbocycles. The first-order valence-corrected chi connectivity index (χ1v) is 11.3. The third-order valence-corrected chi connectivity index (χ3v) is 5.88. The highest BCUT2D eigenvalue weighted by atomic mass is 32.2. The molecule has 8 heteroatoms. The predicted octanol–water partition coefficient (Wildman–Crippen LogP) is 1.91. The molecular formula is C21H24N2O5S. The Morgan fingerprint density at radius 3 is 2.62 bits per heavy atom. The van der Waals surface area contributed by atoms with E-state index in [0.29, 0.717) is 43.6 Å². The first-order chi connectivity index (χ1) is 13.8. The molecule has 154 valence electrons. The lowest BCUT2D eigenvalue weighted by atomic mass is 10.0. The molecule has 2 aromatic rings. The Hall–Kier alpha value is -2.87. The molecule has 0 unspecified atom stereocenters. The van der Waals surface area contributed by atoms with Crippen LogP contribution in [0.4, 0.5) is 5.69 Å². The zero-order valence-electron chi connectivity index (χ0n) is 16.3. The number of hydrogen-bond acceptors (Lipinski definition) is 5. The first-order valence-electron chi connectivity index (χ1n) is 9.43. The number of nitrogens with zero attached hydrogens (tertiary/aromatic N) is 1. The maximum Gasteiger partial charge on any atom is 0.338 e. The molecule has 1 heterocycles. The highest BCUT2D eigenvalue weighted by Gasteiger charge is 2.25. The van der Waals surface area contributed by atoms with E-state index in [1.54, 1.807) is 12.1 Å². The maximum absolute atomic E-state index is 12.3. The smallest absolute Gasteiger partial charge is 0.338 e. The van der Waals surface area contributed by atoms with Crippen molar-refractivity contribution in [2.75, 3.05) is 30.3 Å². The highest BCUT2D eigenvalue weighted by molar-refractivity contribution is 7.92. The van der Waals surface area contributed by atoms with Gasteiger partial charge >= 0.3 is 5.97 Å². The van der Waals surface area contributed by atoms with Crippen molar-refractivity contribution < 1.29 is 22.7 Å². The monoisotopic (exact) mass is 416 g/mol. The number of carbonyl (C=O) groups is 2. The number of esters is 1. The second-order valence-electron chi connectivity index (χ2n) is 6.94. The van der Waals surface area contributed by atoms with Crippen molar-refractivity contribution in [2.24, 2.45) is 0 Å². The predicted molar refractivity (Wildman–Crippen MR) is 110 cm³/mol. The van der Waals surface area contributed by atoms with E-state index in [4.69, 9.17) is 4.74 Å². The number of hydrogen-bond donors (Lipinski definition) is 1. The molecule has 1 aliphatic heterocycles. The lowest BCUT2D eigenvalue weighted by molar-refractivity contribution is -0.124. The second kappa shape index (κ2) is 9.09. The molecular weight excluding hydrogens is 392 g/mol. The van der Waals surface area contributed by atoms with Gasteiger partial charge in [0.05, 0.1) is 17.5 Å². The zero-order chi connectivity index (χ0) is 20.9. The van der Waals surface area contributed by atoms with E-state index in [0.717, 1.165) is 11.1 Å². The number of aryl methyl sites for hydroxylation is 1. The van der Waals surface area contributed by atoms with Gasteiger partial charge in [-0.2, -0.15) is 0 Å². The van der Waals surface area contributed by atoms with Crippen LogP contribution in [0.2, 0.25) is 0 Å². The molecule has 0 saturated carbocycles. The Kier molecular flexibility index (Phi) is 6.53. The number of nitrogens with one attached hydrogen (secondary N) is 1. The van der Waals surface area contributed by atoms with Crippen LogP contribution in [0.5, 0.6) is 0 Å². The lowest BCUT2D eigenvalue weighted by Crippen LogP contribution is -2.34. The number of rotatable bonds is 7. The van der Waals surface area contributed by atoms with Gasteiger partial charge in [0, 0.05) is 13.1 Å². The third kappa shape index (κ3) is 5.57. The maximum atomic E-state index is 12.3. The molecule has 1 aliphatic rings. The normalized spacial score (nSPS) is 13.5. The quantitative estimate of drug-likeness (QED) is 0.696. The SMILES string of the molecule is CS(=O)(=O)N1CCCc2cc(C(=O)OCC(=O)NCCc3ccccc3)ccc21. The van der Waals surface area contributed by atoms with Gasteiger partial charge in [0.25, 0.3) is 5.91 Å². The Bertz CT molecular complexity index is 989. The summed E-state index contributed by atoms with van der Waals surface area (Å²) in [5, 5.41) is 2.72. The van der Waals surface area contributed by atoms with Crippen molar-refractivity contribution in [3.63, 3.8) is 0 Å². The van der Waals surface area contributed by atoms with Gasteiger partial charge in [-0.05, 0) is 48.6 Å². The Morgan fingerprint density at radius 2 is 1.90 bits per heavy atom. The van der Waals surface area contributed by atoms with Crippen LogP contribution in [-0.4, -0.2) is 46.2 Å². The number of sulfonamides is 1. The number of fused-ring (bicyclic) bond motifs is 1. The summed E-state index contributed by atoms with van der Waals surface area (Å²) in [6, 6.07) is 14.5. The molecule has 3 rings (SSSR count). The summed E-state index contributed by atoms with van der Waals surface area (Å²) >= 11 is 0. The summed E-state index contributed by atoms with van der Waals surface area (Å²) in [4.78, 5) is 24.2. The Balaban J connectivity index is 1.52. The molecule has 0 aromatic heterocycles. The van der Waals surface area contributed by atoms with Crippen molar-refractivity contribution in [1.29, 1.82) is 0 Å². The van der Waals surface area contributed by atoms with Gasteiger partial charge in [-0.15, -0.1) is 0 Å². The van der Waals surface area contributed by atoms with Crippen LogP contribution < -0.4 is 9.62 Å². The molecule has 29 heavy (non-hydrogen) atoms. The summed E-state index contributed by atoms with van der Waals surface area (Å²) in [7, 11) is -3.36. The Morgan fingerprint density at radius 1 is 1.14 bits per heavy atom. The fraction of sp³-hybridized carbons (Fsp3) is 0.333. The van der Waals surface area contributed by atoms with E-state index < -0.39 is 16.0 Å². The van der Waals surface area contributed by atoms with Crippen LogP contribution in [0.25, 0.3) is 0 Å². The average Bonchev–Trinajstić information content (AvgIpc) is 2.71. The summed E-state index contributed by atoms with van der Waals surface area (Å²) in [6.07, 6.45) is 3.23. The van der Waals surface area contributed by atoms with Crippen LogP contribution >= 0.6 is 0 Å². The highest BCUT2D eigenvalue weighted by Crippen LogP contribution is 2.30. The standard InChI is InChI=1S/C21H24N2O5S/c1-29(26,27)23-13-5-8-17-14-18(9-10-19(17)23)21(25)28-15-20(24)22-12-11-16-6-3-2-4-7-16/h2-4,6-7,9-10,14H,5,8,11-13,15H2,1H3,(H,22,24). The number of amides is 1. The first kappa shape index (κ1) is 20.9. The average molecular weight is 416 g/mol. The zero-order valence-corrected chi connectivity index (χ0v) is 17.1. The van der Waals surface area contributed by atoms with E-state index in [1.807, 2.05) is 30.3 Å². The number of anilines is 1. The Labute approximate surface area is 170 Å². The largest absolute Gasteiger partial charge is 0.452 e. The molecule has 0 aliphatic carbocycles. The summed E-state index contributed by atoms with van der Waals surface area (Å²) in [5.41, 5.74) is 2.79. The lowest BCUT2D eigenvalue weighted by Gasteiger charge is -2.29. The van der Waals surface area contributed by atoms with Crippen molar-refractivity contribution in [3.8, 4) is 0 Å². The minimum atomic E-state index is -3.36. The number of carbonyl (C=O) groups excluding carboxylic acids is 2. The number of benzene rings is 2. The van der Waals surface area contributed by atoms with Crippen molar-refractivity contribution >= 4 is 27.6 Å². The van der Waals surface area contributed by atoms with Crippen LogP contribution in [0, 0.1) is 0 Å². The van der Waals surface area contributed by atoms with E-state index in [9.17, 15) is 18.0 Å². The topological polar surface area (TPSA) is 92.8 Å². The van der Waals surface area contributed by atoms with E-state index in [2.05, 4.69) is 5.32 Å². The number of ether oxygens (including phenoxy) is 1. The van der Waals surface area contributed by atoms with E-state index >= 15 is 0 Å². The van der Waals surface area contributed by atoms with Crippen LogP contribution in [0.3, 0.4) is 0 Å². The minimum absolute atomic E-state index is 0.302. The molecule has 1 amide bonds. The van der Waals surface area contributed by atoms with Crippen LogP contribution in [-0.2, 0) is 32.4 Å². The molecule has 0 radical (unpaired) electrons. The summed E-state index contributed by atoms with van der Waals surface area (Å²) in [6.45, 7) is 0.527. The molecule has 0 spiro atoms. The van der Waals surface area contributed by atoms with Gasteiger partial charge in [0.15, 0.2) is 6.61 Å². The molecule has 0 fully saturated rings. The van der Waals surface area contributed by atoms with E-state index in [-0.39, 0.29) is 12.5 Å². The fourth-order valence-corrected chi connectivity index (χ4v) is 4.29. The van der Waals surface area contributed by atoms with Crippen molar-refractivity contribution in [3.05, 3.63) is 65.2 Å². The summed E-state index contributed by atoms with van der Waals surface area (Å²) < 4.78 is 30.3. The van der Waals surface area contributed by atoms with E-state index in [1.165, 1.54) is 16.6 Å². The molecule has 0 atom stereocenters. The minimum Gasteiger partial charge on any atom is -0.452 e. The summed E-state index contributed by atoms with van der Waals surface area (Å²) in [5.74, 6) is -0.974. The molecule has 0 bridgehead atoms. The van der Waals surface area contributed by atoms with Crippen LogP contribution in [0.1, 0.15) is 27.9 Å². The fourth-order valence-electron chi connectivity index (χ4n) is 3.29. The van der Waals surface area contributed by atoms with Crippen LogP contribution in [0.15, 0.2) is 48.5 Å². The molecule has 0 saturated heterocycles. The molecule has 1 N–H and O–H groups in total. The van der Waals surface area contributed by atoms with Gasteiger partial charge in [0.2, 0.25) is 10.0 Å². The van der Waals surface area contributed by atoms with Gasteiger partial charge in [-0.3, -0.25) is 9.10 Å². The van der Waals surface area contributed by atoms with Crippen molar-refractivity contribution in [2.45, 2.75) is 19.3 Å². The van der Waals surface area contributed by atoms with Gasteiger partial charge in [0.1, 0.15) is 0 Å². The second-order valence-corrected chi connectivity index (χ2v) is 8.85. The van der Waals surface area contributed by atoms with Crippen molar-refractivity contribution in [1.82, 2.24) is 5.32 Å². The van der Waals surface area contributed by atoms with Gasteiger partial charge < -0.3 is 10.1 Å². The van der Waals surface area contributed by atoms with Gasteiger partial charge in [-0.25, -0.2) is 13.2 Å². The third-order valence-electron chi connectivity index (χ3n) is 4.70.